The summed E-state index contributed by atoms with van der Waals surface area (Å²) in [7, 11) is 0. The minimum Gasteiger partial charge on any atom is -0.394 e. The largest absolute Gasteiger partial charge is 0.394 e. The molecule has 1 aliphatic heterocycles. The van der Waals surface area contributed by atoms with Gasteiger partial charge in [0.2, 0.25) is 0 Å². The molecule has 0 aromatic heterocycles. The van der Waals surface area contributed by atoms with Gasteiger partial charge in [0, 0.05) is 23.8 Å². The molecule has 4 heteroatoms. The standard InChI is InChI=1S/C15H23ClN2O/c1-2-17-10-12-6-7-13(16)9-15(12)18-8-4-3-5-14(18)11-19/h6-7,9,14,17,19H,2-5,8,10-11H2,1H3. The van der Waals surface area contributed by atoms with E-state index in [4.69, 9.17) is 11.6 Å². The number of anilines is 1. The average molecular weight is 283 g/mol. The number of halogens is 1. The summed E-state index contributed by atoms with van der Waals surface area (Å²) >= 11 is 6.15. The smallest absolute Gasteiger partial charge is 0.0635 e. The molecule has 0 aliphatic carbocycles. The van der Waals surface area contributed by atoms with Crippen molar-refractivity contribution < 1.29 is 5.11 Å². The highest BCUT2D eigenvalue weighted by molar-refractivity contribution is 6.30. The van der Waals surface area contributed by atoms with E-state index in [0.29, 0.717) is 0 Å². The number of aliphatic hydroxyl groups is 1. The number of rotatable bonds is 5. The van der Waals surface area contributed by atoms with Crippen LogP contribution < -0.4 is 10.2 Å². The Morgan fingerprint density at radius 1 is 1.42 bits per heavy atom. The minimum absolute atomic E-state index is 0.215. The minimum atomic E-state index is 0.215. The van der Waals surface area contributed by atoms with Crippen LogP contribution >= 0.6 is 11.6 Å². The molecule has 0 saturated carbocycles. The number of benzene rings is 1. The third-order valence-corrected chi connectivity index (χ3v) is 4.00. The molecule has 1 atom stereocenters. The zero-order valence-corrected chi connectivity index (χ0v) is 12.3. The number of piperidine rings is 1. The normalized spacial score (nSPS) is 19.7. The summed E-state index contributed by atoms with van der Waals surface area (Å²) in [6, 6.07) is 6.29. The SMILES string of the molecule is CCNCc1ccc(Cl)cc1N1CCCCC1CO. The Kier molecular flexibility index (Phi) is 5.49. The van der Waals surface area contributed by atoms with Crippen LogP contribution in [0, 0.1) is 0 Å². The van der Waals surface area contributed by atoms with E-state index >= 15 is 0 Å². The van der Waals surface area contributed by atoms with Crippen LogP contribution in [0.1, 0.15) is 31.7 Å². The van der Waals surface area contributed by atoms with E-state index < -0.39 is 0 Å². The number of hydrogen-bond acceptors (Lipinski definition) is 3. The molecule has 0 spiro atoms. The Hall–Kier alpha value is -0.770. The average Bonchev–Trinajstić information content (AvgIpc) is 2.46. The van der Waals surface area contributed by atoms with Crippen LogP contribution in [0.5, 0.6) is 0 Å². The monoisotopic (exact) mass is 282 g/mol. The lowest BCUT2D eigenvalue weighted by Gasteiger charge is -2.38. The highest BCUT2D eigenvalue weighted by atomic mass is 35.5. The van der Waals surface area contributed by atoms with Crippen molar-refractivity contribution in [3.63, 3.8) is 0 Å². The number of nitrogens with one attached hydrogen (secondary N) is 1. The molecule has 1 aliphatic rings. The molecular weight excluding hydrogens is 260 g/mol. The molecular formula is C15H23ClN2O. The number of hydrogen-bond donors (Lipinski definition) is 2. The molecule has 2 N–H and O–H groups in total. The molecule has 0 bridgehead atoms. The van der Waals surface area contributed by atoms with Crippen LogP contribution in [0.15, 0.2) is 18.2 Å². The Morgan fingerprint density at radius 2 is 2.26 bits per heavy atom. The fourth-order valence-corrected chi connectivity index (χ4v) is 2.89. The number of nitrogens with zero attached hydrogens (tertiary/aromatic N) is 1. The van der Waals surface area contributed by atoms with Gasteiger partial charge in [-0.05, 0) is 43.5 Å². The van der Waals surface area contributed by atoms with Crippen LogP contribution in [0.3, 0.4) is 0 Å². The molecule has 1 aromatic rings. The first kappa shape index (κ1) is 14.6. The van der Waals surface area contributed by atoms with E-state index in [-0.39, 0.29) is 12.6 Å². The van der Waals surface area contributed by atoms with Gasteiger partial charge in [-0.25, -0.2) is 0 Å². The quantitative estimate of drug-likeness (QED) is 0.872. The highest BCUT2D eigenvalue weighted by Crippen LogP contribution is 2.30. The third-order valence-electron chi connectivity index (χ3n) is 3.76. The lowest BCUT2D eigenvalue weighted by molar-refractivity contribution is 0.240. The van der Waals surface area contributed by atoms with Crippen LogP contribution in [0.25, 0.3) is 0 Å². The molecule has 106 valence electrons. The van der Waals surface area contributed by atoms with E-state index in [2.05, 4.69) is 23.2 Å². The maximum Gasteiger partial charge on any atom is 0.0635 e. The van der Waals surface area contributed by atoms with Gasteiger partial charge in [-0.2, -0.15) is 0 Å². The Morgan fingerprint density at radius 3 is 3.00 bits per heavy atom. The molecule has 1 heterocycles. The van der Waals surface area contributed by atoms with E-state index in [0.717, 1.165) is 31.1 Å². The van der Waals surface area contributed by atoms with Gasteiger partial charge < -0.3 is 15.3 Å². The second-order valence-corrected chi connectivity index (χ2v) is 5.52. The maximum absolute atomic E-state index is 9.57. The van der Waals surface area contributed by atoms with Gasteiger partial charge in [0.25, 0.3) is 0 Å². The lowest BCUT2D eigenvalue weighted by Crippen LogP contribution is -2.42. The van der Waals surface area contributed by atoms with Crippen LogP contribution in [0.4, 0.5) is 5.69 Å². The molecule has 1 fully saturated rings. The first-order valence-electron chi connectivity index (χ1n) is 7.13. The second kappa shape index (κ2) is 7.13. The van der Waals surface area contributed by atoms with E-state index in [1.165, 1.54) is 24.1 Å². The van der Waals surface area contributed by atoms with Gasteiger partial charge in [-0.3, -0.25) is 0 Å². The fourth-order valence-electron chi connectivity index (χ4n) is 2.72. The van der Waals surface area contributed by atoms with Gasteiger partial charge in [-0.1, -0.05) is 24.6 Å². The van der Waals surface area contributed by atoms with E-state index in [1.54, 1.807) is 0 Å². The molecule has 0 radical (unpaired) electrons. The molecule has 2 rings (SSSR count). The van der Waals surface area contributed by atoms with Crippen molar-refractivity contribution in [2.24, 2.45) is 0 Å². The van der Waals surface area contributed by atoms with Crippen molar-refractivity contribution in [1.82, 2.24) is 5.32 Å². The third kappa shape index (κ3) is 3.62. The zero-order chi connectivity index (χ0) is 13.7. The molecule has 1 saturated heterocycles. The fraction of sp³-hybridized carbons (Fsp3) is 0.600. The van der Waals surface area contributed by atoms with Gasteiger partial charge in [0.15, 0.2) is 0 Å². The summed E-state index contributed by atoms with van der Waals surface area (Å²) in [5.41, 5.74) is 2.43. The van der Waals surface area contributed by atoms with Crippen molar-refractivity contribution in [3.8, 4) is 0 Å². The first-order valence-corrected chi connectivity index (χ1v) is 7.50. The summed E-state index contributed by atoms with van der Waals surface area (Å²) in [6.45, 7) is 5.12. The van der Waals surface area contributed by atoms with E-state index in [1.807, 2.05) is 12.1 Å². The summed E-state index contributed by atoms with van der Waals surface area (Å²) in [5, 5.41) is 13.7. The molecule has 0 amide bonds. The Bertz CT molecular complexity index is 411. The zero-order valence-electron chi connectivity index (χ0n) is 11.5. The second-order valence-electron chi connectivity index (χ2n) is 5.08. The molecule has 3 nitrogen and oxygen atoms in total. The van der Waals surface area contributed by atoms with Crippen molar-refractivity contribution in [3.05, 3.63) is 28.8 Å². The van der Waals surface area contributed by atoms with Crippen molar-refractivity contribution in [2.75, 3.05) is 24.6 Å². The van der Waals surface area contributed by atoms with Crippen LogP contribution in [-0.4, -0.2) is 30.8 Å². The predicted molar refractivity (Wildman–Crippen MR) is 80.9 cm³/mol. The molecule has 1 unspecified atom stereocenters. The van der Waals surface area contributed by atoms with Crippen LogP contribution in [-0.2, 0) is 6.54 Å². The molecule has 19 heavy (non-hydrogen) atoms. The predicted octanol–water partition coefficient (Wildman–Crippen LogP) is 2.80. The van der Waals surface area contributed by atoms with Crippen molar-refractivity contribution in [1.29, 1.82) is 0 Å². The van der Waals surface area contributed by atoms with E-state index in [9.17, 15) is 5.11 Å². The van der Waals surface area contributed by atoms with Gasteiger partial charge in [0.05, 0.1) is 12.6 Å². The molecule has 1 aromatic carbocycles. The van der Waals surface area contributed by atoms with Crippen molar-refractivity contribution >= 4 is 17.3 Å². The van der Waals surface area contributed by atoms with Gasteiger partial charge >= 0.3 is 0 Å². The summed E-state index contributed by atoms with van der Waals surface area (Å²) in [6.07, 6.45) is 3.44. The summed E-state index contributed by atoms with van der Waals surface area (Å²) in [5.74, 6) is 0. The maximum atomic E-state index is 9.57. The van der Waals surface area contributed by atoms with Crippen LogP contribution in [0.2, 0.25) is 5.02 Å². The Labute approximate surface area is 120 Å². The van der Waals surface area contributed by atoms with Gasteiger partial charge in [-0.15, -0.1) is 0 Å². The Balaban J connectivity index is 2.26. The number of aliphatic hydroxyl groups excluding tert-OH is 1. The van der Waals surface area contributed by atoms with Crippen molar-refractivity contribution in [2.45, 2.75) is 38.8 Å². The highest BCUT2D eigenvalue weighted by Gasteiger charge is 2.23. The lowest BCUT2D eigenvalue weighted by atomic mass is 10.00. The first-order chi connectivity index (χ1) is 9.26. The topological polar surface area (TPSA) is 35.5 Å². The van der Waals surface area contributed by atoms with Gasteiger partial charge in [0.1, 0.15) is 0 Å². The summed E-state index contributed by atoms with van der Waals surface area (Å²) in [4.78, 5) is 2.32. The summed E-state index contributed by atoms with van der Waals surface area (Å²) < 4.78 is 0.